The van der Waals surface area contributed by atoms with Gasteiger partial charge in [0.1, 0.15) is 0 Å². The van der Waals surface area contributed by atoms with Crippen LogP contribution in [0.4, 0.5) is 0 Å². The van der Waals surface area contributed by atoms with Crippen LogP contribution in [0.1, 0.15) is 5.56 Å². The Bertz CT molecular complexity index is 1570. The van der Waals surface area contributed by atoms with E-state index in [1.54, 1.807) is 0 Å². The van der Waals surface area contributed by atoms with Crippen molar-refractivity contribution in [1.29, 1.82) is 0 Å². The molecule has 0 atom stereocenters. The van der Waals surface area contributed by atoms with Gasteiger partial charge in [-0.15, -0.1) is 0 Å². The maximum atomic E-state index is 4.99. The highest BCUT2D eigenvalue weighted by Crippen LogP contribution is 2.35. The Morgan fingerprint density at radius 2 is 0.857 bits per heavy atom. The van der Waals surface area contributed by atoms with Crippen LogP contribution in [0.2, 0.25) is 0 Å². The number of aromatic nitrogens is 3. The highest BCUT2D eigenvalue weighted by Gasteiger charge is 2.16. The minimum absolute atomic E-state index is 0.664. The lowest BCUT2D eigenvalue weighted by atomic mass is 9.94. The third kappa shape index (κ3) is 4.20. The second kappa shape index (κ2) is 8.96. The molecule has 0 N–H and O–H groups in total. The second-order valence-electron chi connectivity index (χ2n) is 8.65. The fourth-order valence-corrected chi connectivity index (χ4v) is 4.33. The summed E-state index contributed by atoms with van der Waals surface area (Å²) in [5, 5.41) is 2.34. The normalized spacial score (nSPS) is 11.0. The zero-order chi connectivity index (χ0) is 23.6. The van der Waals surface area contributed by atoms with Crippen molar-refractivity contribution in [1.82, 2.24) is 15.0 Å². The van der Waals surface area contributed by atoms with Crippen LogP contribution in [-0.4, -0.2) is 15.0 Å². The van der Waals surface area contributed by atoms with Crippen molar-refractivity contribution in [3.63, 3.8) is 0 Å². The van der Waals surface area contributed by atoms with Crippen LogP contribution in [0, 0.1) is 6.92 Å². The predicted molar refractivity (Wildman–Crippen MR) is 144 cm³/mol. The van der Waals surface area contributed by atoms with Crippen molar-refractivity contribution in [2.24, 2.45) is 0 Å². The van der Waals surface area contributed by atoms with Crippen molar-refractivity contribution >= 4 is 10.8 Å². The van der Waals surface area contributed by atoms with Crippen molar-refractivity contribution in [3.05, 3.63) is 127 Å². The largest absolute Gasteiger partial charge is 0.208 e. The molecule has 166 valence electrons. The van der Waals surface area contributed by atoms with Crippen LogP contribution in [-0.2, 0) is 0 Å². The molecular formula is C32H23N3. The molecule has 35 heavy (non-hydrogen) atoms. The van der Waals surface area contributed by atoms with E-state index in [1.807, 2.05) is 60.7 Å². The number of hydrogen-bond acceptors (Lipinski definition) is 3. The molecule has 1 aromatic heterocycles. The highest BCUT2D eigenvalue weighted by molar-refractivity contribution is 5.95. The summed E-state index contributed by atoms with van der Waals surface area (Å²) in [5.74, 6) is 1.99. The first-order valence-corrected chi connectivity index (χ1v) is 11.7. The number of benzene rings is 5. The van der Waals surface area contributed by atoms with E-state index in [9.17, 15) is 0 Å². The Morgan fingerprint density at radius 3 is 1.40 bits per heavy atom. The standard InChI is InChI=1S/C32H23N3/c1-22-16-18-23(19-17-22)28-20-26-14-8-9-15-27(26)21-29(28)32-34-30(24-10-4-2-5-11-24)33-31(35-32)25-12-6-3-7-13-25/h2-21H,1H3. The van der Waals surface area contributed by atoms with Crippen LogP contribution in [0.15, 0.2) is 121 Å². The Morgan fingerprint density at radius 1 is 0.400 bits per heavy atom. The van der Waals surface area contributed by atoms with Crippen LogP contribution < -0.4 is 0 Å². The molecule has 0 unspecified atom stereocenters. The number of hydrogen-bond donors (Lipinski definition) is 0. The van der Waals surface area contributed by atoms with Gasteiger partial charge in [0.15, 0.2) is 17.5 Å². The van der Waals surface area contributed by atoms with E-state index in [0.717, 1.165) is 33.2 Å². The van der Waals surface area contributed by atoms with E-state index < -0.39 is 0 Å². The third-order valence-corrected chi connectivity index (χ3v) is 6.19. The molecule has 0 aliphatic heterocycles. The van der Waals surface area contributed by atoms with Gasteiger partial charge in [0.25, 0.3) is 0 Å². The van der Waals surface area contributed by atoms with Crippen molar-refractivity contribution in [2.45, 2.75) is 6.92 Å². The first kappa shape index (κ1) is 20.9. The quantitative estimate of drug-likeness (QED) is 0.274. The average Bonchev–Trinajstić information content (AvgIpc) is 2.93. The molecule has 1 heterocycles. The van der Waals surface area contributed by atoms with Gasteiger partial charge in [0.2, 0.25) is 0 Å². The molecule has 0 saturated heterocycles. The van der Waals surface area contributed by atoms with Crippen LogP contribution in [0.3, 0.4) is 0 Å². The monoisotopic (exact) mass is 449 g/mol. The van der Waals surface area contributed by atoms with Crippen molar-refractivity contribution < 1.29 is 0 Å². The van der Waals surface area contributed by atoms with E-state index in [0.29, 0.717) is 17.5 Å². The summed E-state index contributed by atoms with van der Waals surface area (Å²) in [4.78, 5) is 14.8. The molecule has 5 aromatic carbocycles. The molecule has 6 aromatic rings. The summed E-state index contributed by atoms with van der Waals surface area (Å²) >= 11 is 0. The van der Waals surface area contributed by atoms with E-state index >= 15 is 0 Å². The van der Waals surface area contributed by atoms with E-state index in [1.165, 1.54) is 10.9 Å². The zero-order valence-electron chi connectivity index (χ0n) is 19.4. The summed E-state index contributed by atoms with van der Waals surface area (Å²) in [6.07, 6.45) is 0. The molecule has 0 bridgehead atoms. The molecule has 0 spiro atoms. The smallest absolute Gasteiger partial charge is 0.164 e. The van der Waals surface area contributed by atoms with Gasteiger partial charge in [0, 0.05) is 16.7 Å². The van der Waals surface area contributed by atoms with Crippen LogP contribution in [0.5, 0.6) is 0 Å². The fourth-order valence-electron chi connectivity index (χ4n) is 4.33. The first-order valence-electron chi connectivity index (χ1n) is 11.7. The molecule has 0 amide bonds. The van der Waals surface area contributed by atoms with Gasteiger partial charge < -0.3 is 0 Å². The summed E-state index contributed by atoms with van der Waals surface area (Å²) in [6, 6.07) is 41.7. The number of fused-ring (bicyclic) bond motifs is 1. The fraction of sp³-hybridized carbons (Fsp3) is 0.0312. The zero-order valence-corrected chi connectivity index (χ0v) is 19.4. The average molecular weight is 450 g/mol. The summed E-state index contributed by atoms with van der Waals surface area (Å²) < 4.78 is 0. The van der Waals surface area contributed by atoms with Gasteiger partial charge in [-0.2, -0.15) is 0 Å². The minimum Gasteiger partial charge on any atom is -0.208 e. The van der Waals surface area contributed by atoms with Gasteiger partial charge in [-0.3, -0.25) is 0 Å². The minimum atomic E-state index is 0.664. The van der Waals surface area contributed by atoms with Crippen LogP contribution in [0.25, 0.3) is 56.1 Å². The van der Waals surface area contributed by atoms with E-state index in [-0.39, 0.29) is 0 Å². The van der Waals surface area contributed by atoms with Gasteiger partial charge in [0.05, 0.1) is 0 Å². The molecule has 0 aliphatic rings. The highest BCUT2D eigenvalue weighted by atomic mass is 15.0. The number of aryl methyl sites for hydroxylation is 1. The Kier molecular flexibility index (Phi) is 5.36. The summed E-state index contributed by atoms with van der Waals surface area (Å²) in [5.41, 5.74) is 6.39. The van der Waals surface area contributed by atoms with Crippen LogP contribution >= 0.6 is 0 Å². The van der Waals surface area contributed by atoms with Crippen molar-refractivity contribution in [2.75, 3.05) is 0 Å². The summed E-state index contributed by atoms with van der Waals surface area (Å²) in [6.45, 7) is 2.11. The molecule has 0 aliphatic carbocycles. The molecule has 3 heteroatoms. The molecular weight excluding hydrogens is 426 g/mol. The molecule has 6 rings (SSSR count). The maximum Gasteiger partial charge on any atom is 0.164 e. The Balaban J connectivity index is 1.64. The first-order chi connectivity index (χ1) is 17.2. The second-order valence-corrected chi connectivity index (χ2v) is 8.65. The SMILES string of the molecule is Cc1ccc(-c2cc3ccccc3cc2-c2nc(-c3ccccc3)nc(-c3ccccc3)n2)cc1. The predicted octanol–water partition coefficient (Wildman–Crippen LogP) is 8.00. The number of nitrogens with zero attached hydrogens (tertiary/aromatic N) is 3. The van der Waals surface area contributed by atoms with E-state index in [4.69, 9.17) is 15.0 Å². The Hall–Kier alpha value is -4.63. The third-order valence-electron chi connectivity index (χ3n) is 6.19. The molecule has 0 saturated carbocycles. The van der Waals surface area contributed by atoms with Gasteiger partial charge in [-0.25, -0.2) is 15.0 Å². The lowest BCUT2D eigenvalue weighted by Crippen LogP contribution is -2.01. The lowest BCUT2D eigenvalue weighted by Gasteiger charge is -2.14. The molecule has 0 fully saturated rings. The maximum absolute atomic E-state index is 4.99. The van der Waals surface area contributed by atoms with Gasteiger partial charge >= 0.3 is 0 Å². The number of rotatable bonds is 4. The van der Waals surface area contributed by atoms with Gasteiger partial charge in [-0.05, 0) is 41.0 Å². The molecule has 3 nitrogen and oxygen atoms in total. The molecule has 0 radical (unpaired) electrons. The topological polar surface area (TPSA) is 38.7 Å². The van der Waals surface area contributed by atoms with Gasteiger partial charge in [-0.1, -0.05) is 115 Å². The van der Waals surface area contributed by atoms with Crippen molar-refractivity contribution in [3.8, 4) is 45.3 Å². The Labute approximate surface area is 204 Å². The van der Waals surface area contributed by atoms with E-state index in [2.05, 4.69) is 67.6 Å². The summed E-state index contributed by atoms with van der Waals surface area (Å²) in [7, 11) is 0. The lowest BCUT2D eigenvalue weighted by molar-refractivity contribution is 1.07.